The van der Waals surface area contributed by atoms with Gasteiger partial charge in [0, 0.05) is 12.6 Å². The van der Waals surface area contributed by atoms with Gasteiger partial charge in [0.1, 0.15) is 0 Å². The van der Waals surface area contributed by atoms with E-state index in [0.717, 1.165) is 5.92 Å². The van der Waals surface area contributed by atoms with Crippen LogP contribution >= 0.6 is 0 Å². The summed E-state index contributed by atoms with van der Waals surface area (Å²) in [5, 5.41) is 3.29. The van der Waals surface area contributed by atoms with E-state index in [-0.39, 0.29) is 0 Å². The number of likely N-dealkylation sites (tertiary alicyclic amines) is 1. The third kappa shape index (κ3) is 2.80. The van der Waals surface area contributed by atoms with Crippen LogP contribution in [0.25, 0.3) is 0 Å². The van der Waals surface area contributed by atoms with E-state index in [0.29, 0.717) is 6.04 Å². The molecule has 11 heavy (non-hydrogen) atoms. The Balaban J connectivity index is 2.17. The maximum Gasteiger partial charge on any atom is 0.00388 e. The number of nitrogens with one attached hydrogen (secondary N) is 1. The Morgan fingerprint density at radius 3 is 2.82 bits per heavy atom. The van der Waals surface area contributed by atoms with E-state index >= 15 is 0 Å². The van der Waals surface area contributed by atoms with Crippen LogP contribution in [0, 0.1) is 5.92 Å². The summed E-state index contributed by atoms with van der Waals surface area (Å²) < 4.78 is 0. The van der Waals surface area contributed by atoms with Crippen molar-refractivity contribution in [2.45, 2.75) is 25.8 Å². The molecule has 1 N–H and O–H groups in total. The highest BCUT2D eigenvalue weighted by Gasteiger charge is 2.20. The maximum absolute atomic E-state index is 3.29. The van der Waals surface area contributed by atoms with Crippen molar-refractivity contribution >= 4 is 0 Å². The summed E-state index contributed by atoms with van der Waals surface area (Å²) in [5.74, 6) is 0.933. The molecule has 0 aromatic rings. The molecule has 1 rings (SSSR count). The first kappa shape index (κ1) is 9.01. The fourth-order valence-corrected chi connectivity index (χ4v) is 1.84. The van der Waals surface area contributed by atoms with Gasteiger partial charge in [-0.1, -0.05) is 0 Å². The highest BCUT2D eigenvalue weighted by molar-refractivity contribution is 4.76. The van der Waals surface area contributed by atoms with Crippen LogP contribution in [0.1, 0.15) is 19.8 Å². The van der Waals surface area contributed by atoms with Gasteiger partial charge in [0.05, 0.1) is 0 Å². The van der Waals surface area contributed by atoms with Crippen LogP contribution in [0.2, 0.25) is 0 Å². The predicted molar refractivity (Wildman–Crippen MR) is 48.7 cm³/mol. The van der Waals surface area contributed by atoms with Gasteiger partial charge in [0.2, 0.25) is 0 Å². The first-order chi connectivity index (χ1) is 5.22. The van der Waals surface area contributed by atoms with Crippen molar-refractivity contribution in [2.75, 3.05) is 27.2 Å². The number of nitrogens with zero attached hydrogens (tertiary/aromatic N) is 1. The Labute approximate surface area is 70.0 Å². The molecule has 1 saturated heterocycles. The van der Waals surface area contributed by atoms with Gasteiger partial charge in [0.25, 0.3) is 0 Å². The van der Waals surface area contributed by atoms with Crippen molar-refractivity contribution in [1.82, 2.24) is 10.2 Å². The van der Waals surface area contributed by atoms with E-state index in [2.05, 4.69) is 24.2 Å². The molecule has 0 spiro atoms. The van der Waals surface area contributed by atoms with Gasteiger partial charge in [-0.2, -0.15) is 0 Å². The maximum atomic E-state index is 3.29. The molecule has 1 aliphatic rings. The number of rotatable bonds is 3. The standard InChI is InChI=1S/C9H20N2/c1-8(10-2)6-9-4-5-11(3)7-9/h8-10H,4-7H2,1-3H3. The Hall–Kier alpha value is -0.0800. The highest BCUT2D eigenvalue weighted by Crippen LogP contribution is 2.19. The molecule has 1 fully saturated rings. The van der Waals surface area contributed by atoms with Gasteiger partial charge in [-0.15, -0.1) is 0 Å². The lowest BCUT2D eigenvalue weighted by Gasteiger charge is -2.15. The molecule has 1 heterocycles. The molecule has 0 aliphatic carbocycles. The van der Waals surface area contributed by atoms with Gasteiger partial charge in [-0.05, 0) is 46.3 Å². The summed E-state index contributed by atoms with van der Waals surface area (Å²) in [5.41, 5.74) is 0. The smallest absolute Gasteiger partial charge is 0.00388 e. The Morgan fingerprint density at radius 1 is 1.64 bits per heavy atom. The molecule has 0 bridgehead atoms. The number of hydrogen-bond donors (Lipinski definition) is 1. The SMILES string of the molecule is CNC(C)CC1CCN(C)C1. The quantitative estimate of drug-likeness (QED) is 0.654. The van der Waals surface area contributed by atoms with Crippen LogP contribution in [-0.2, 0) is 0 Å². The summed E-state index contributed by atoms with van der Waals surface area (Å²) in [6, 6.07) is 0.687. The normalized spacial score (nSPS) is 29.2. The second-order valence-corrected chi connectivity index (χ2v) is 3.84. The molecule has 2 heteroatoms. The first-order valence-electron chi connectivity index (χ1n) is 4.58. The van der Waals surface area contributed by atoms with Gasteiger partial charge < -0.3 is 10.2 Å². The van der Waals surface area contributed by atoms with E-state index in [1.807, 2.05) is 7.05 Å². The molecule has 0 aromatic carbocycles. The minimum absolute atomic E-state index is 0.687. The Kier molecular flexibility index (Phi) is 3.34. The Bertz CT molecular complexity index is 114. The monoisotopic (exact) mass is 156 g/mol. The van der Waals surface area contributed by atoms with Crippen LogP contribution in [0.4, 0.5) is 0 Å². The zero-order valence-electron chi connectivity index (χ0n) is 7.93. The van der Waals surface area contributed by atoms with E-state index in [4.69, 9.17) is 0 Å². The van der Waals surface area contributed by atoms with E-state index in [1.165, 1.54) is 25.9 Å². The van der Waals surface area contributed by atoms with Crippen molar-refractivity contribution in [3.63, 3.8) is 0 Å². The van der Waals surface area contributed by atoms with E-state index in [1.54, 1.807) is 0 Å². The van der Waals surface area contributed by atoms with Crippen LogP contribution in [0.5, 0.6) is 0 Å². The lowest BCUT2D eigenvalue weighted by atomic mass is 10.0. The molecule has 2 atom stereocenters. The molecule has 0 aromatic heterocycles. The predicted octanol–water partition coefficient (Wildman–Crippen LogP) is 0.936. The topological polar surface area (TPSA) is 15.3 Å². The minimum Gasteiger partial charge on any atom is -0.317 e. The second kappa shape index (κ2) is 4.07. The van der Waals surface area contributed by atoms with Crippen molar-refractivity contribution in [3.8, 4) is 0 Å². The third-order valence-electron chi connectivity index (χ3n) is 2.67. The molecule has 2 nitrogen and oxygen atoms in total. The zero-order valence-corrected chi connectivity index (χ0v) is 7.93. The zero-order chi connectivity index (χ0) is 8.27. The fraction of sp³-hybridized carbons (Fsp3) is 1.00. The van der Waals surface area contributed by atoms with Crippen LogP contribution in [0.15, 0.2) is 0 Å². The fourth-order valence-electron chi connectivity index (χ4n) is 1.84. The van der Waals surface area contributed by atoms with Crippen molar-refractivity contribution in [2.24, 2.45) is 5.92 Å². The highest BCUT2D eigenvalue weighted by atomic mass is 15.1. The van der Waals surface area contributed by atoms with E-state index in [9.17, 15) is 0 Å². The van der Waals surface area contributed by atoms with Gasteiger partial charge in [0.15, 0.2) is 0 Å². The molecule has 0 saturated carbocycles. The molecule has 0 amide bonds. The average molecular weight is 156 g/mol. The second-order valence-electron chi connectivity index (χ2n) is 3.84. The average Bonchev–Trinajstić information content (AvgIpc) is 2.35. The summed E-state index contributed by atoms with van der Waals surface area (Å²) >= 11 is 0. The van der Waals surface area contributed by atoms with Crippen LogP contribution in [0.3, 0.4) is 0 Å². The summed E-state index contributed by atoms with van der Waals surface area (Å²) in [4.78, 5) is 2.42. The van der Waals surface area contributed by atoms with Gasteiger partial charge in [-0.25, -0.2) is 0 Å². The summed E-state index contributed by atoms with van der Waals surface area (Å²) in [6.45, 7) is 4.85. The van der Waals surface area contributed by atoms with Gasteiger partial charge >= 0.3 is 0 Å². The lowest BCUT2D eigenvalue weighted by Crippen LogP contribution is -2.25. The van der Waals surface area contributed by atoms with Gasteiger partial charge in [-0.3, -0.25) is 0 Å². The molecular formula is C9H20N2. The van der Waals surface area contributed by atoms with Crippen LogP contribution in [-0.4, -0.2) is 38.1 Å². The lowest BCUT2D eigenvalue weighted by molar-refractivity contribution is 0.370. The molecule has 1 aliphatic heterocycles. The molecule has 0 radical (unpaired) electrons. The van der Waals surface area contributed by atoms with E-state index < -0.39 is 0 Å². The molecule has 66 valence electrons. The molecular weight excluding hydrogens is 136 g/mol. The first-order valence-corrected chi connectivity index (χ1v) is 4.58. The largest absolute Gasteiger partial charge is 0.317 e. The number of hydrogen-bond acceptors (Lipinski definition) is 2. The minimum atomic E-state index is 0.687. The third-order valence-corrected chi connectivity index (χ3v) is 2.67. The Morgan fingerprint density at radius 2 is 2.36 bits per heavy atom. The van der Waals surface area contributed by atoms with Crippen molar-refractivity contribution < 1.29 is 0 Å². The summed E-state index contributed by atoms with van der Waals surface area (Å²) in [6.07, 6.45) is 2.73. The van der Waals surface area contributed by atoms with Crippen molar-refractivity contribution in [3.05, 3.63) is 0 Å². The molecule has 2 unspecified atom stereocenters. The van der Waals surface area contributed by atoms with Crippen LogP contribution < -0.4 is 5.32 Å². The summed E-state index contributed by atoms with van der Waals surface area (Å²) in [7, 11) is 4.26. The van der Waals surface area contributed by atoms with Crippen molar-refractivity contribution in [1.29, 1.82) is 0 Å².